The second-order valence-corrected chi connectivity index (χ2v) is 5.78. The maximum atomic E-state index is 13.5. The van der Waals surface area contributed by atoms with Gasteiger partial charge in [0.1, 0.15) is 4.83 Å². The molecule has 0 aliphatic rings. The number of hydrogen-bond acceptors (Lipinski definition) is 5. The first-order valence-corrected chi connectivity index (χ1v) is 7.42. The normalized spacial score (nSPS) is 11.6. The van der Waals surface area contributed by atoms with Gasteiger partial charge in [0.05, 0.1) is 22.3 Å². The fraction of sp³-hybridized carbons (Fsp3) is 0.0667. The molecule has 3 aromatic rings. The first kappa shape index (κ1) is 16.1. The third kappa shape index (κ3) is 2.85. The number of carbonyl (C=O) groups excluding carboxylic acids is 1. The van der Waals surface area contributed by atoms with Crippen molar-refractivity contribution in [2.45, 2.75) is 6.18 Å². The van der Waals surface area contributed by atoms with E-state index in [9.17, 15) is 18.0 Å². The highest BCUT2D eigenvalue weighted by molar-refractivity contribution is 7.21. The van der Waals surface area contributed by atoms with E-state index < -0.39 is 17.8 Å². The summed E-state index contributed by atoms with van der Waals surface area (Å²) in [4.78, 5) is 15.1. The summed E-state index contributed by atoms with van der Waals surface area (Å²) in [5.74, 6) is 0. The molecule has 5 nitrogen and oxygen atoms in total. The second kappa shape index (κ2) is 5.68. The predicted molar refractivity (Wildman–Crippen MR) is 84.7 cm³/mol. The molecule has 124 valence electrons. The highest BCUT2D eigenvalue weighted by atomic mass is 32.1. The van der Waals surface area contributed by atoms with Gasteiger partial charge in [-0.2, -0.15) is 13.2 Å². The molecule has 0 fully saturated rings. The molecule has 0 saturated carbocycles. The minimum atomic E-state index is -4.65. The first-order chi connectivity index (χ1) is 11.3. The third-order valence-corrected chi connectivity index (χ3v) is 4.21. The molecule has 9 heteroatoms. The highest BCUT2D eigenvalue weighted by Crippen LogP contribution is 2.46. The van der Waals surface area contributed by atoms with Gasteiger partial charge in [-0.3, -0.25) is 0 Å². The number of hydrogen-bond donors (Lipinski definition) is 2. The Morgan fingerprint density at radius 2 is 1.88 bits per heavy atom. The Kier molecular flexibility index (Phi) is 3.80. The Balaban J connectivity index is 2.30. The number of rotatable bonds is 2. The van der Waals surface area contributed by atoms with Crippen LogP contribution in [0.1, 0.15) is 5.56 Å². The third-order valence-electron chi connectivity index (χ3n) is 3.23. The Labute approximate surface area is 137 Å². The lowest BCUT2D eigenvalue weighted by Gasteiger charge is -2.11. The monoisotopic (exact) mass is 353 g/mol. The number of nitrogens with two attached hydrogens (primary N) is 2. The molecule has 0 spiro atoms. The number of primary amides is 1. The van der Waals surface area contributed by atoms with Crippen molar-refractivity contribution < 1.29 is 22.7 Å². The minimum absolute atomic E-state index is 0.0115. The Hall–Kier alpha value is -2.81. The molecule has 3 rings (SSSR count). The van der Waals surface area contributed by atoms with Crippen LogP contribution in [0.15, 0.2) is 36.4 Å². The first-order valence-electron chi connectivity index (χ1n) is 6.60. The van der Waals surface area contributed by atoms with Crippen LogP contribution in [0.2, 0.25) is 0 Å². The summed E-state index contributed by atoms with van der Waals surface area (Å²) in [5.41, 5.74) is 10.0. The molecule has 0 saturated heterocycles. The lowest BCUT2D eigenvalue weighted by atomic mass is 10.1. The van der Waals surface area contributed by atoms with Gasteiger partial charge in [-0.1, -0.05) is 41.7 Å². The average molecular weight is 353 g/mol. The number of nitrogens with zero attached hydrogens (tertiary/aromatic N) is 1. The van der Waals surface area contributed by atoms with Crippen molar-refractivity contribution in [3.05, 3.63) is 42.0 Å². The Bertz CT molecular complexity index is 923. The summed E-state index contributed by atoms with van der Waals surface area (Å²) < 4.78 is 45.0. The van der Waals surface area contributed by atoms with Crippen molar-refractivity contribution >= 4 is 33.3 Å². The average Bonchev–Trinajstić information content (AvgIpc) is 2.82. The van der Waals surface area contributed by atoms with Crippen molar-refractivity contribution in [1.29, 1.82) is 0 Å². The van der Waals surface area contributed by atoms with E-state index in [0.717, 1.165) is 17.4 Å². The van der Waals surface area contributed by atoms with E-state index in [-0.39, 0.29) is 26.7 Å². The summed E-state index contributed by atoms with van der Waals surface area (Å²) in [7, 11) is 0. The fourth-order valence-corrected chi connectivity index (χ4v) is 3.23. The Morgan fingerprint density at radius 1 is 1.21 bits per heavy atom. The molecule has 24 heavy (non-hydrogen) atoms. The number of thiophene rings is 1. The van der Waals surface area contributed by atoms with Crippen LogP contribution in [0.25, 0.3) is 21.5 Å². The van der Waals surface area contributed by atoms with Crippen LogP contribution >= 0.6 is 11.3 Å². The van der Waals surface area contributed by atoms with E-state index in [2.05, 4.69) is 9.72 Å². The number of anilines is 1. The van der Waals surface area contributed by atoms with Crippen molar-refractivity contribution in [2.75, 3.05) is 5.73 Å². The van der Waals surface area contributed by atoms with Crippen molar-refractivity contribution in [3.8, 4) is 16.3 Å². The van der Waals surface area contributed by atoms with Gasteiger partial charge in [-0.05, 0) is 6.07 Å². The Morgan fingerprint density at radius 3 is 2.46 bits per heavy atom. The number of halogens is 3. The summed E-state index contributed by atoms with van der Waals surface area (Å²) in [5, 5.41) is -0.510. The van der Waals surface area contributed by atoms with Crippen LogP contribution in [-0.2, 0) is 6.18 Å². The number of pyridine rings is 1. The van der Waals surface area contributed by atoms with Gasteiger partial charge in [0.25, 0.3) is 0 Å². The van der Waals surface area contributed by atoms with Crippen molar-refractivity contribution in [1.82, 2.24) is 4.98 Å². The van der Waals surface area contributed by atoms with Crippen LogP contribution in [0, 0.1) is 0 Å². The summed E-state index contributed by atoms with van der Waals surface area (Å²) in [6.45, 7) is 0. The predicted octanol–water partition coefficient (Wildman–Crippen LogP) is 4.02. The molecule has 0 bridgehead atoms. The van der Waals surface area contributed by atoms with Gasteiger partial charge in [0.2, 0.25) is 5.06 Å². The molecule has 1 amide bonds. The van der Waals surface area contributed by atoms with Gasteiger partial charge in [-0.25, -0.2) is 9.78 Å². The number of ether oxygens (including phenoxy) is 1. The van der Waals surface area contributed by atoms with E-state index in [1.807, 2.05) is 0 Å². The van der Waals surface area contributed by atoms with Gasteiger partial charge in [0, 0.05) is 5.56 Å². The lowest BCUT2D eigenvalue weighted by molar-refractivity contribution is -0.136. The molecule has 2 aromatic heterocycles. The number of fused-ring (bicyclic) bond motifs is 1. The maximum absolute atomic E-state index is 13.5. The largest absolute Gasteiger partial charge is 0.417 e. The summed E-state index contributed by atoms with van der Waals surface area (Å²) in [6.07, 6.45) is -5.81. The maximum Gasteiger partial charge on any atom is 0.417 e. The van der Waals surface area contributed by atoms with E-state index in [1.165, 1.54) is 0 Å². The zero-order valence-electron chi connectivity index (χ0n) is 11.9. The van der Waals surface area contributed by atoms with Crippen molar-refractivity contribution in [3.63, 3.8) is 0 Å². The summed E-state index contributed by atoms with van der Waals surface area (Å²) >= 11 is 0.732. The zero-order chi connectivity index (χ0) is 17.5. The van der Waals surface area contributed by atoms with E-state index in [1.54, 1.807) is 30.3 Å². The molecule has 0 aliphatic carbocycles. The molecular weight excluding hydrogens is 343 g/mol. The number of amides is 1. The van der Waals surface area contributed by atoms with Crippen LogP contribution < -0.4 is 16.2 Å². The number of alkyl halides is 3. The zero-order valence-corrected chi connectivity index (χ0v) is 12.7. The van der Waals surface area contributed by atoms with E-state index in [4.69, 9.17) is 11.5 Å². The fourth-order valence-electron chi connectivity index (χ4n) is 2.25. The second-order valence-electron chi connectivity index (χ2n) is 4.82. The van der Waals surface area contributed by atoms with Gasteiger partial charge in [0.15, 0.2) is 0 Å². The van der Waals surface area contributed by atoms with Crippen LogP contribution in [0.3, 0.4) is 0 Å². The summed E-state index contributed by atoms with van der Waals surface area (Å²) in [6, 6.07) is 9.35. The lowest BCUT2D eigenvalue weighted by Crippen LogP contribution is -2.16. The topological polar surface area (TPSA) is 91.2 Å². The van der Waals surface area contributed by atoms with E-state index >= 15 is 0 Å². The quantitative estimate of drug-likeness (QED) is 0.728. The molecule has 1 aromatic carbocycles. The van der Waals surface area contributed by atoms with Crippen molar-refractivity contribution in [2.24, 2.45) is 5.73 Å². The van der Waals surface area contributed by atoms with E-state index in [0.29, 0.717) is 5.56 Å². The van der Waals surface area contributed by atoms with Crippen LogP contribution in [0.4, 0.5) is 23.7 Å². The molecule has 0 aliphatic heterocycles. The highest BCUT2D eigenvalue weighted by Gasteiger charge is 2.36. The van der Waals surface area contributed by atoms with Gasteiger partial charge in [-0.15, -0.1) is 0 Å². The molecule has 0 unspecified atom stereocenters. The number of aromatic nitrogens is 1. The van der Waals surface area contributed by atoms with Gasteiger partial charge >= 0.3 is 12.3 Å². The van der Waals surface area contributed by atoms with Gasteiger partial charge < -0.3 is 16.2 Å². The van der Waals surface area contributed by atoms with Crippen LogP contribution in [0.5, 0.6) is 5.06 Å². The minimum Gasteiger partial charge on any atom is -0.397 e. The smallest absolute Gasteiger partial charge is 0.397 e. The molecular formula is C15H10F3N3O2S. The molecule has 0 radical (unpaired) electrons. The number of nitrogen functional groups attached to an aromatic ring is 1. The number of carbonyl (C=O) groups is 1. The van der Waals surface area contributed by atoms with Crippen LogP contribution in [-0.4, -0.2) is 11.1 Å². The SMILES string of the molecule is NC(=O)Oc1sc2nc(-c3ccccc3)cc(C(F)(F)F)c2c1N. The number of benzene rings is 1. The molecule has 2 heterocycles. The standard InChI is InChI=1S/C15H10F3N3O2S/c16-15(17,18)8-6-9(7-4-2-1-3-5-7)21-12-10(8)11(19)13(24-12)23-14(20)22/h1-6H,19H2,(H2,20,22). The molecule has 4 N–H and O–H groups in total. The molecule has 0 atom stereocenters.